The summed E-state index contributed by atoms with van der Waals surface area (Å²) in [5.74, 6) is 0.701. The molecule has 1 N–H and O–H groups in total. The van der Waals surface area contributed by atoms with Crippen LogP contribution in [0.25, 0.3) is 0 Å². The average Bonchev–Trinajstić information content (AvgIpc) is 2.38. The highest BCUT2D eigenvalue weighted by Gasteiger charge is 2.11. The van der Waals surface area contributed by atoms with Gasteiger partial charge in [0, 0.05) is 24.1 Å². The Bertz CT molecular complexity index is 605. The van der Waals surface area contributed by atoms with E-state index in [1.165, 1.54) is 12.1 Å². The maximum atomic E-state index is 10.9. The minimum atomic E-state index is -0.395. The number of phenols is 1. The molecule has 5 heteroatoms. The van der Waals surface area contributed by atoms with Gasteiger partial charge < -0.3 is 9.84 Å². The smallest absolute Gasteiger partial charge is 0.272 e. The number of aryl methyl sites for hydroxylation is 1. The fourth-order valence-corrected chi connectivity index (χ4v) is 1.99. The lowest BCUT2D eigenvalue weighted by molar-refractivity contribution is -0.385. The lowest BCUT2D eigenvalue weighted by Gasteiger charge is -2.08. The molecule has 0 saturated heterocycles. The number of hydrogen-bond acceptors (Lipinski definition) is 4. The summed E-state index contributed by atoms with van der Waals surface area (Å²) in [7, 11) is 0. The Hall–Kier alpha value is -2.56. The van der Waals surface area contributed by atoms with Crippen LogP contribution in [0.3, 0.4) is 0 Å². The first-order valence-electron chi connectivity index (χ1n) is 6.22. The molecule has 2 aromatic rings. The predicted octanol–water partition coefficient (Wildman–Crippen LogP) is 3.23. The summed E-state index contributed by atoms with van der Waals surface area (Å²) in [4.78, 5) is 10.5. The van der Waals surface area contributed by atoms with Crippen LogP contribution in [0.1, 0.15) is 11.1 Å². The molecule has 0 saturated carbocycles. The summed E-state index contributed by atoms with van der Waals surface area (Å²) < 4.78 is 5.52. The van der Waals surface area contributed by atoms with Crippen molar-refractivity contribution in [1.82, 2.24) is 0 Å². The molecular weight excluding hydrogens is 258 g/mol. The predicted molar refractivity (Wildman–Crippen MR) is 75.1 cm³/mol. The zero-order valence-electron chi connectivity index (χ0n) is 11.1. The summed E-state index contributed by atoms with van der Waals surface area (Å²) >= 11 is 0. The number of aromatic hydroxyl groups is 1. The third-order valence-electron chi connectivity index (χ3n) is 2.86. The highest BCUT2D eigenvalue weighted by Crippen LogP contribution is 2.22. The maximum absolute atomic E-state index is 10.9. The summed E-state index contributed by atoms with van der Waals surface area (Å²) in [6.45, 7) is 2.17. The van der Waals surface area contributed by atoms with Crippen LogP contribution in [0.5, 0.6) is 11.5 Å². The molecule has 0 unspecified atom stereocenters. The van der Waals surface area contributed by atoms with E-state index in [-0.39, 0.29) is 11.4 Å². The van der Waals surface area contributed by atoms with Crippen LogP contribution in [0.2, 0.25) is 0 Å². The molecule has 104 valence electrons. The molecule has 0 atom stereocenters. The fraction of sp³-hybridized carbons (Fsp3) is 0.200. The van der Waals surface area contributed by atoms with Gasteiger partial charge in [0.2, 0.25) is 0 Å². The molecule has 0 amide bonds. The van der Waals surface area contributed by atoms with Crippen molar-refractivity contribution in [2.24, 2.45) is 0 Å². The quantitative estimate of drug-likeness (QED) is 0.670. The molecule has 5 nitrogen and oxygen atoms in total. The first-order valence-corrected chi connectivity index (χ1v) is 6.22. The number of nitro benzene ring substituents is 1. The van der Waals surface area contributed by atoms with Gasteiger partial charge in [-0.3, -0.25) is 10.1 Å². The van der Waals surface area contributed by atoms with Crippen molar-refractivity contribution in [3.8, 4) is 11.5 Å². The van der Waals surface area contributed by atoms with Gasteiger partial charge in [0.15, 0.2) is 0 Å². The number of rotatable bonds is 5. The van der Waals surface area contributed by atoms with Gasteiger partial charge >= 0.3 is 0 Å². The molecule has 0 bridgehead atoms. The van der Waals surface area contributed by atoms with Gasteiger partial charge in [0.05, 0.1) is 11.5 Å². The van der Waals surface area contributed by atoms with E-state index < -0.39 is 4.92 Å². The van der Waals surface area contributed by atoms with Crippen LogP contribution in [0.4, 0.5) is 5.69 Å². The number of benzene rings is 2. The molecule has 0 heterocycles. The Kier molecular flexibility index (Phi) is 4.20. The van der Waals surface area contributed by atoms with Crippen molar-refractivity contribution in [1.29, 1.82) is 0 Å². The molecule has 0 radical (unpaired) electrons. The number of ether oxygens (including phenoxy) is 1. The van der Waals surface area contributed by atoms with Crippen LogP contribution in [-0.4, -0.2) is 16.6 Å². The zero-order valence-corrected chi connectivity index (χ0v) is 11.1. The summed E-state index contributed by atoms with van der Waals surface area (Å²) in [5.41, 5.74) is 1.63. The van der Waals surface area contributed by atoms with Crippen LogP contribution in [-0.2, 0) is 6.42 Å². The number of phenolic OH excluding ortho intramolecular Hbond substituents is 1. The van der Waals surface area contributed by atoms with Gasteiger partial charge in [-0.15, -0.1) is 0 Å². The monoisotopic (exact) mass is 273 g/mol. The second-order valence-corrected chi connectivity index (χ2v) is 4.49. The third kappa shape index (κ3) is 3.47. The van der Waals surface area contributed by atoms with E-state index in [0.29, 0.717) is 24.3 Å². The van der Waals surface area contributed by atoms with E-state index in [4.69, 9.17) is 4.74 Å². The van der Waals surface area contributed by atoms with Gasteiger partial charge in [-0.25, -0.2) is 0 Å². The van der Waals surface area contributed by atoms with Gasteiger partial charge in [0.1, 0.15) is 11.5 Å². The second kappa shape index (κ2) is 6.06. The lowest BCUT2D eigenvalue weighted by atomic mass is 10.1. The van der Waals surface area contributed by atoms with Gasteiger partial charge in [-0.05, 0) is 24.6 Å². The van der Waals surface area contributed by atoms with E-state index in [0.717, 1.165) is 5.56 Å². The fourth-order valence-electron chi connectivity index (χ4n) is 1.99. The van der Waals surface area contributed by atoms with Crippen molar-refractivity contribution in [2.75, 3.05) is 6.61 Å². The molecule has 0 aliphatic carbocycles. The number of para-hydroxylation sites is 1. The lowest BCUT2D eigenvalue weighted by Crippen LogP contribution is -2.04. The molecule has 0 fully saturated rings. The van der Waals surface area contributed by atoms with Crippen molar-refractivity contribution in [3.63, 3.8) is 0 Å². The molecule has 0 aliphatic heterocycles. The average molecular weight is 273 g/mol. The largest absolute Gasteiger partial charge is 0.508 e. The number of nitro groups is 1. The van der Waals surface area contributed by atoms with Gasteiger partial charge in [0.25, 0.3) is 5.69 Å². The zero-order chi connectivity index (χ0) is 14.5. The minimum absolute atomic E-state index is 0.100. The standard InChI is InChI=1S/C15H15NO4/c1-11-8-13(17)10-14(9-11)20-7-6-12-4-2-3-5-15(12)16(18)19/h2-5,8-10,17H,6-7H2,1H3. The Labute approximate surface area is 116 Å². The Morgan fingerprint density at radius 2 is 2.00 bits per heavy atom. The molecule has 0 spiro atoms. The Morgan fingerprint density at radius 3 is 2.70 bits per heavy atom. The molecule has 2 aromatic carbocycles. The molecular formula is C15H15NO4. The topological polar surface area (TPSA) is 72.6 Å². The van der Waals surface area contributed by atoms with Crippen molar-refractivity contribution < 1.29 is 14.8 Å². The first kappa shape index (κ1) is 13.9. The van der Waals surface area contributed by atoms with Crippen molar-refractivity contribution in [2.45, 2.75) is 13.3 Å². The van der Waals surface area contributed by atoms with E-state index in [2.05, 4.69) is 0 Å². The minimum Gasteiger partial charge on any atom is -0.508 e. The number of hydrogen-bond donors (Lipinski definition) is 1. The van der Waals surface area contributed by atoms with E-state index in [1.54, 1.807) is 30.3 Å². The van der Waals surface area contributed by atoms with Crippen molar-refractivity contribution >= 4 is 5.69 Å². The Balaban J connectivity index is 2.01. The normalized spacial score (nSPS) is 10.2. The highest BCUT2D eigenvalue weighted by molar-refractivity contribution is 5.40. The van der Waals surface area contributed by atoms with Gasteiger partial charge in [-0.1, -0.05) is 18.2 Å². The van der Waals surface area contributed by atoms with Crippen LogP contribution in [0, 0.1) is 17.0 Å². The highest BCUT2D eigenvalue weighted by atomic mass is 16.6. The van der Waals surface area contributed by atoms with Crippen LogP contribution >= 0.6 is 0 Å². The molecule has 2 rings (SSSR count). The maximum Gasteiger partial charge on any atom is 0.272 e. The van der Waals surface area contributed by atoms with E-state index in [1.807, 2.05) is 6.92 Å². The third-order valence-corrected chi connectivity index (χ3v) is 2.86. The van der Waals surface area contributed by atoms with Crippen molar-refractivity contribution in [3.05, 3.63) is 63.7 Å². The molecule has 0 aliphatic rings. The number of nitrogens with zero attached hydrogens (tertiary/aromatic N) is 1. The molecule has 20 heavy (non-hydrogen) atoms. The van der Waals surface area contributed by atoms with Gasteiger partial charge in [-0.2, -0.15) is 0 Å². The first-order chi connectivity index (χ1) is 9.56. The van der Waals surface area contributed by atoms with Crippen LogP contribution < -0.4 is 4.74 Å². The Morgan fingerprint density at radius 1 is 1.25 bits per heavy atom. The van der Waals surface area contributed by atoms with E-state index in [9.17, 15) is 15.2 Å². The van der Waals surface area contributed by atoms with Crippen LogP contribution in [0.15, 0.2) is 42.5 Å². The SMILES string of the molecule is Cc1cc(O)cc(OCCc2ccccc2[N+](=O)[O-])c1. The summed E-state index contributed by atoms with van der Waals surface area (Å²) in [5, 5.41) is 20.3. The molecule has 0 aromatic heterocycles. The summed E-state index contributed by atoms with van der Waals surface area (Å²) in [6, 6.07) is 11.6. The second-order valence-electron chi connectivity index (χ2n) is 4.49. The van der Waals surface area contributed by atoms with E-state index >= 15 is 0 Å². The summed E-state index contributed by atoms with van der Waals surface area (Å²) in [6.07, 6.45) is 0.436.